The number of fused-ring (bicyclic) bond motifs is 1. The monoisotopic (exact) mass is 314 g/mol. The number of amides is 2. The average Bonchev–Trinajstić information content (AvgIpc) is 2.96. The fraction of sp³-hybridized carbons (Fsp3) is 0.471. The lowest BCUT2D eigenvalue weighted by molar-refractivity contribution is -0.147. The smallest absolute Gasteiger partial charge is 0.312 e. The van der Waals surface area contributed by atoms with Gasteiger partial charge >= 0.3 is 11.8 Å². The van der Waals surface area contributed by atoms with E-state index in [1.54, 1.807) is 4.90 Å². The summed E-state index contributed by atoms with van der Waals surface area (Å²) in [5.74, 6) is -1.10. The SMILES string of the molecule is CCn1ncc2cc([C@H]3CC[C@H](C)CN3C(=O)C(N)=O)ccc21. The highest BCUT2D eigenvalue weighted by atomic mass is 16.2. The molecule has 2 N–H and O–H groups in total. The van der Waals surface area contributed by atoms with Crippen LogP contribution in [0.3, 0.4) is 0 Å². The van der Waals surface area contributed by atoms with Crippen LogP contribution in [0.4, 0.5) is 0 Å². The molecule has 1 aliphatic rings. The summed E-state index contributed by atoms with van der Waals surface area (Å²) in [5, 5.41) is 5.41. The molecule has 0 bridgehead atoms. The molecule has 0 radical (unpaired) electrons. The van der Waals surface area contributed by atoms with Crippen molar-refractivity contribution in [1.29, 1.82) is 0 Å². The Hall–Kier alpha value is -2.37. The van der Waals surface area contributed by atoms with Gasteiger partial charge in [-0.15, -0.1) is 0 Å². The molecule has 1 fully saturated rings. The lowest BCUT2D eigenvalue weighted by Crippen LogP contribution is -2.46. The van der Waals surface area contributed by atoms with Crippen LogP contribution in [0.1, 0.15) is 38.3 Å². The van der Waals surface area contributed by atoms with Gasteiger partial charge in [-0.2, -0.15) is 5.10 Å². The number of nitrogens with two attached hydrogens (primary N) is 1. The number of carbonyl (C=O) groups is 2. The van der Waals surface area contributed by atoms with Crippen molar-refractivity contribution in [3.63, 3.8) is 0 Å². The van der Waals surface area contributed by atoms with Crippen molar-refractivity contribution in [1.82, 2.24) is 14.7 Å². The largest absolute Gasteiger partial charge is 0.361 e. The molecule has 0 saturated carbocycles. The third-order valence-corrected chi connectivity index (χ3v) is 4.64. The maximum absolute atomic E-state index is 12.2. The molecule has 3 rings (SSSR count). The number of aromatic nitrogens is 2. The van der Waals surface area contributed by atoms with Crippen molar-refractivity contribution in [2.45, 2.75) is 39.3 Å². The van der Waals surface area contributed by atoms with Crippen molar-refractivity contribution in [2.24, 2.45) is 11.7 Å². The van der Waals surface area contributed by atoms with Gasteiger partial charge in [0.1, 0.15) is 0 Å². The lowest BCUT2D eigenvalue weighted by atomic mass is 9.89. The molecule has 122 valence electrons. The molecule has 1 aromatic carbocycles. The fourth-order valence-electron chi connectivity index (χ4n) is 3.43. The van der Waals surface area contributed by atoms with Gasteiger partial charge in [-0.1, -0.05) is 13.0 Å². The first-order valence-corrected chi connectivity index (χ1v) is 8.07. The van der Waals surface area contributed by atoms with E-state index in [2.05, 4.69) is 25.0 Å². The number of likely N-dealkylation sites (tertiary alicyclic amines) is 1. The summed E-state index contributed by atoms with van der Waals surface area (Å²) in [5.41, 5.74) is 7.33. The number of primary amides is 1. The van der Waals surface area contributed by atoms with Crippen LogP contribution >= 0.6 is 0 Å². The third kappa shape index (κ3) is 2.81. The molecular weight excluding hydrogens is 292 g/mol. The third-order valence-electron chi connectivity index (χ3n) is 4.64. The Labute approximate surface area is 135 Å². The summed E-state index contributed by atoms with van der Waals surface area (Å²) in [7, 11) is 0. The van der Waals surface area contributed by atoms with Gasteiger partial charge in [-0.05, 0) is 43.4 Å². The molecule has 0 aliphatic carbocycles. The molecule has 2 aromatic rings. The summed E-state index contributed by atoms with van der Waals surface area (Å²) >= 11 is 0. The van der Waals surface area contributed by atoms with E-state index in [-0.39, 0.29) is 6.04 Å². The van der Waals surface area contributed by atoms with E-state index in [1.807, 2.05) is 23.0 Å². The first-order valence-electron chi connectivity index (χ1n) is 8.07. The predicted molar refractivity (Wildman–Crippen MR) is 87.5 cm³/mol. The number of rotatable bonds is 2. The van der Waals surface area contributed by atoms with Crippen LogP contribution in [0.5, 0.6) is 0 Å². The average molecular weight is 314 g/mol. The highest BCUT2D eigenvalue weighted by Crippen LogP contribution is 2.34. The Bertz CT molecular complexity index is 752. The zero-order chi connectivity index (χ0) is 16.6. The Morgan fingerprint density at radius 2 is 2.13 bits per heavy atom. The van der Waals surface area contributed by atoms with Crippen LogP contribution in [0.2, 0.25) is 0 Å². The summed E-state index contributed by atoms with van der Waals surface area (Å²) in [4.78, 5) is 25.2. The minimum atomic E-state index is -0.885. The van der Waals surface area contributed by atoms with Gasteiger partial charge in [0, 0.05) is 18.5 Å². The van der Waals surface area contributed by atoms with Crippen LogP contribution in [0, 0.1) is 5.92 Å². The van der Waals surface area contributed by atoms with Crippen LogP contribution in [-0.4, -0.2) is 33.0 Å². The predicted octanol–water partition coefficient (Wildman–Crippen LogP) is 1.84. The Balaban J connectivity index is 1.97. The molecule has 2 heterocycles. The summed E-state index contributed by atoms with van der Waals surface area (Å²) in [6.07, 6.45) is 3.71. The van der Waals surface area contributed by atoms with E-state index in [4.69, 9.17) is 5.73 Å². The van der Waals surface area contributed by atoms with E-state index in [0.29, 0.717) is 12.5 Å². The van der Waals surface area contributed by atoms with Crippen molar-refractivity contribution in [2.75, 3.05) is 6.54 Å². The van der Waals surface area contributed by atoms with Crippen LogP contribution < -0.4 is 5.73 Å². The zero-order valence-electron chi connectivity index (χ0n) is 13.5. The number of benzene rings is 1. The van der Waals surface area contributed by atoms with E-state index in [9.17, 15) is 9.59 Å². The number of hydrogen-bond acceptors (Lipinski definition) is 3. The fourth-order valence-corrected chi connectivity index (χ4v) is 3.43. The molecule has 23 heavy (non-hydrogen) atoms. The molecule has 2 amide bonds. The first-order chi connectivity index (χ1) is 11.0. The van der Waals surface area contributed by atoms with Crippen molar-refractivity contribution in [3.05, 3.63) is 30.0 Å². The lowest BCUT2D eigenvalue weighted by Gasteiger charge is -2.38. The van der Waals surface area contributed by atoms with Gasteiger partial charge in [0.05, 0.1) is 17.8 Å². The number of piperidine rings is 1. The molecule has 6 heteroatoms. The molecule has 0 spiro atoms. The molecule has 1 aliphatic heterocycles. The van der Waals surface area contributed by atoms with Gasteiger partial charge in [0.15, 0.2) is 0 Å². The summed E-state index contributed by atoms with van der Waals surface area (Å²) < 4.78 is 1.94. The molecule has 0 unspecified atom stereocenters. The Morgan fingerprint density at radius 1 is 1.35 bits per heavy atom. The maximum Gasteiger partial charge on any atom is 0.312 e. The zero-order valence-corrected chi connectivity index (χ0v) is 13.5. The second-order valence-electron chi connectivity index (χ2n) is 6.30. The quantitative estimate of drug-likeness (QED) is 0.859. The van der Waals surface area contributed by atoms with Crippen LogP contribution in [0.25, 0.3) is 10.9 Å². The van der Waals surface area contributed by atoms with Crippen molar-refractivity contribution < 1.29 is 9.59 Å². The molecule has 2 atom stereocenters. The Morgan fingerprint density at radius 3 is 2.83 bits per heavy atom. The van der Waals surface area contributed by atoms with Crippen molar-refractivity contribution >= 4 is 22.7 Å². The van der Waals surface area contributed by atoms with Gasteiger partial charge in [0.2, 0.25) is 0 Å². The number of hydrogen-bond donors (Lipinski definition) is 1. The topological polar surface area (TPSA) is 81.2 Å². The molecule has 1 saturated heterocycles. The molecular formula is C17H22N4O2. The van der Waals surface area contributed by atoms with Gasteiger partial charge in [0.25, 0.3) is 0 Å². The van der Waals surface area contributed by atoms with E-state index in [0.717, 1.165) is 35.9 Å². The highest BCUT2D eigenvalue weighted by molar-refractivity contribution is 6.34. The number of nitrogens with zero attached hydrogens (tertiary/aromatic N) is 3. The second-order valence-corrected chi connectivity index (χ2v) is 6.30. The van der Waals surface area contributed by atoms with Crippen LogP contribution in [-0.2, 0) is 16.1 Å². The maximum atomic E-state index is 12.2. The van der Waals surface area contributed by atoms with E-state index >= 15 is 0 Å². The van der Waals surface area contributed by atoms with Crippen LogP contribution in [0.15, 0.2) is 24.4 Å². The van der Waals surface area contributed by atoms with Gasteiger partial charge in [-0.25, -0.2) is 0 Å². The van der Waals surface area contributed by atoms with Gasteiger partial charge in [-0.3, -0.25) is 14.3 Å². The first kappa shape index (κ1) is 15.5. The summed E-state index contributed by atoms with van der Waals surface area (Å²) in [6.45, 7) is 5.52. The summed E-state index contributed by atoms with van der Waals surface area (Å²) in [6, 6.07) is 6.03. The Kier molecular flexibility index (Phi) is 4.07. The number of carbonyl (C=O) groups excluding carboxylic acids is 2. The molecule has 6 nitrogen and oxygen atoms in total. The number of aryl methyl sites for hydroxylation is 1. The minimum absolute atomic E-state index is 0.0967. The second kappa shape index (κ2) is 6.02. The standard InChI is InChI=1S/C17H22N4O2/c1-3-21-15-7-5-12(8-13(15)9-19-21)14-6-4-11(2)10-20(14)17(23)16(18)22/h5,7-9,11,14H,3-4,6,10H2,1-2H3,(H2,18,22)/t11-,14+/m0/s1. The normalized spacial score (nSPS) is 21.6. The molecule has 1 aromatic heterocycles. The van der Waals surface area contributed by atoms with Crippen molar-refractivity contribution in [3.8, 4) is 0 Å². The highest BCUT2D eigenvalue weighted by Gasteiger charge is 2.33. The van der Waals surface area contributed by atoms with Gasteiger partial charge < -0.3 is 10.6 Å². The minimum Gasteiger partial charge on any atom is -0.361 e. The van der Waals surface area contributed by atoms with E-state index < -0.39 is 11.8 Å². The van der Waals surface area contributed by atoms with E-state index in [1.165, 1.54) is 0 Å².